The molecule has 0 fully saturated rings. The van der Waals surface area contributed by atoms with Crippen LogP contribution in [0.2, 0.25) is 0 Å². The molecular formula is C23H22N2O2. The van der Waals surface area contributed by atoms with E-state index in [0.29, 0.717) is 11.1 Å². The summed E-state index contributed by atoms with van der Waals surface area (Å²) in [6.45, 7) is 5.90. The monoisotopic (exact) mass is 358 g/mol. The fourth-order valence-corrected chi connectivity index (χ4v) is 2.86. The first-order valence-electron chi connectivity index (χ1n) is 8.79. The van der Waals surface area contributed by atoms with Gasteiger partial charge in [0.2, 0.25) is 0 Å². The van der Waals surface area contributed by atoms with Crippen LogP contribution in [0.25, 0.3) is 0 Å². The molecule has 0 aliphatic carbocycles. The van der Waals surface area contributed by atoms with Crippen molar-refractivity contribution >= 4 is 23.2 Å². The molecule has 0 saturated heterocycles. The van der Waals surface area contributed by atoms with Gasteiger partial charge in [-0.3, -0.25) is 9.59 Å². The summed E-state index contributed by atoms with van der Waals surface area (Å²) in [5, 5.41) is 5.80. The third-order valence-corrected chi connectivity index (χ3v) is 4.41. The molecule has 0 unspecified atom stereocenters. The minimum Gasteiger partial charge on any atom is -0.322 e. The minimum atomic E-state index is -0.245. The molecule has 0 aromatic heterocycles. The van der Waals surface area contributed by atoms with Crippen LogP contribution in [0.4, 0.5) is 11.4 Å². The molecule has 2 amide bonds. The van der Waals surface area contributed by atoms with E-state index >= 15 is 0 Å². The topological polar surface area (TPSA) is 58.2 Å². The Morgan fingerprint density at radius 1 is 0.630 bits per heavy atom. The molecule has 0 atom stereocenters. The maximum atomic E-state index is 12.6. The van der Waals surface area contributed by atoms with Gasteiger partial charge in [0.15, 0.2) is 0 Å². The Bertz CT molecular complexity index is 1010. The second-order valence-corrected chi connectivity index (χ2v) is 6.62. The van der Waals surface area contributed by atoms with Crippen LogP contribution in [0.3, 0.4) is 0 Å². The number of hydrogen-bond acceptors (Lipinski definition) is 2. The fraction of sp³-hybridized carbons (Fsp3) is 0.130. The maximum Gasteiger partial charge on any atom is 0.255 e. The molecule has 0 saturated carbocycles. The highest BCUT2D eigenvalue weighted by atomic mass is 16.2. The number of carbonyl (C=O) groups is 2. The summed E-state index contributed by atoms with van der Waals surface area (Å²) in [7, 11) is 0. The van der Waals surface area contributed by atoms with Gasteiger partial charge in [-0.25, -0.2) is 0 Å². The van der Waals surface area contributed by atoms with Crippen LogP contribution in [-0.2, 0) is 0 Å². The van der Waals surface area contributed by atoms with Crippen LogP contribution >= 0.6 is 0 Å². The first kappa shape index (κ1) is 18.4. The third kappa shape index (κ3) is 4.42. The van der Waals surface area contributed by atoms with Crippen molar-refractivity contribution in [3.8, 4) is 0 Å². The lowest BCUT2D eigenvalue weighted by Gasteiger charge is -2.11. The molecule has 0 radical (unpaired) electrons. The number of nitrogens with one attached hydrogen (secondary N) is 2. The zero-order chi connectivity index (χ0) is 19.4. The lowest BCUT2D eigenvalue weighted by atomic mass is 10.1. The number of hydrogen-bond donors (Lipinski definition) is 2. The van der Waals surface area contributed by atoms with E-state index in [1.165, 1.54) is 0 Å². The average Bonchev–Trinajstić information content (AvgIpc) is 2.66. The van der Waals surface area contributed by atoms with Crippen LogP contribution < -0.4 is 10.6 Å². The van der Waals surface area contributed by atoms with Crippen molar-refractivity contribution in [2.45, 2.75) is 20.8 Å². The summed E-state index contributed by atoms with van der Waals surface area (Å²) in [6.07, 6.45) is 0. The molecular weight excluding hydrogens is 336 g/mol. The molecule has 3 aromatic rings. The van der Waals surface area contributed by atoms with Crippen molar-refractivity contribution in [2.24, 2.45) is 0 Å². The summed E-state index contributed by atoms with van der Waals surface area (Å²) in [5.41, 5.74) is 5.51. The van der Waals surface area contributed by atoms with E-state index in [9.17, 15) is 9.59 Å². The maximum absolute atomic E-state index is 12.6. The molecule has 0 aliphatic heterocycles. The summed E-state index contributed by atoms with van der Waals surface area (Å²) >= 11 is 0. The van der Waals surface area contributed by atoms with E-state index in [1.807, 2.05) is 63.2 Å². The van der Waals surface area contributed by atoms with E-state index in [-0.39, 0.29) is 11.8 Å². The van der Waals surface area contributed by atoms with E-state index in [1.54, 1.807) is 24.3 Å². The van der Waals surface area contributed by atoms with Gasteiger partial charge in [-0.1, -0.05) is 42.0 Å². The number of aryl methyl sites for hydroxylation is 3. The molecule has 0 bridgehead atoms. The molecule has 3 rings (SSSR count). The number of para-hydroxylation sites is 1. The molecule has 0 heterocycles. The zero-order valence-electron chi connectivity index (χ0n) is 15.7. The van der Waals surface area contributed by atoms with Crippen LogP contribution in [0, 0.1) is 20.8 Å². The number of rotatable bonds is 4. The SMILES string of the molecule is Cc1ccc(NC(=O)c2cccc(C(=O)Nc3ccccc3C)c2)c(C)c1. The molecule has 4 heteroatoms. The molecule has 27 heavy (non-hydrogen) atoms. The quantitative estimate of drug-likeness (QED) is 0.680. The zero-order valence-corrected chi connectivity index (χ0v) is 15.7. The van der Waals surface area contributed by atoms with Gasteiger partial charge in [-0.05, 0) is 62.2 Å². The highest BCUT2D eigenvalue weighted by Crippen LogP contribution is 2.18. The third-order valence-electron chi connectivity index (χ3n) is 4.41. The van der Waals surface area contributed by atoms with Gasteiger partial charge < -0.3 is 10.6 Å². The highest BCUT2D eigenvalue weighted by Gasteiger charge is 2.12. The van der Waals surface area contributed by atoms with Gasteiger partial charge in [-0.15, -0.1) is 0 Å². The Hall–Kier alpha value is -3.40. The molecule has 0 spiro atoms. The molecule has 136 valence electrons. The average molecular weight is 358 g/mol. The largest absolute Gasteiger partial charge is 0.322 e. The van der Waals surface area contributed by atoms with E-state index in [0.717, 1.165) is 28.1 Å². The first-order chi connectivity index (χ1) is 12.9. The van der Waals surface area contributed by atoms with E-state index in [2.05, 4.69) is 10.6 Å². The van der Waals surface area contributed by atoms with Gasteiger partial charge in [-0.2, -0.15) is 0 Å². The smallest absolute Gasteiger partial charge is 0.255 e. The normalized spacial score (nSPS) is 10.3. The molecule has 3 aromatic carbocycles. The second-order valence-electron chi connectivity index (χ2n) is 6.62. The summed E-state index contributed by atoms with van der Waals surface area (Å²) in [4.78, 5) is 25.1. The Morgan fingerprint density at radius 2 is 1.22 bits per heavy atom. The molecule has 2 N–H and O–H groups in total. The Labute approximate surface area is 159 Å². The summed E-state index contributed by atoms with van der Waals surface area (Å²) < 4.78 is 0. The number of amides is 2. The highest BCUT2D eigenvalue weighted by molar-refractivity contribution is 6.09. The van der Waals surface area contributed by atoms with Crippen molar-refractivity contribution in [3.05, 3.63) is 94.5 Å². The van der Waals surface area contributed by atoms with Gasteiger partial charge in [0, 0.05) is 22.5 Å². The van der Waals surface area contributed by atoms with Crippen molar-refractivity contribution in [2.75, 3.05) is 10.6 Å². The van der Waals surface area contributed by atoms with Crippen LogP contribution in [-0.4, -0.2) is 11.8 Å². The van der Waals surface area contributed by atoms with Gasteiger partial charge >= 0.3 is 0 Å². The van der Waals surface area contributed by atoms with Crippen molar-refractivity contribution in [1.29, 1.82) is 0 Å². The van der Waals surface area contributed by atoms with Crippen molar-refractivity contribution in [3.63, 3.8) is 0 Å². The molecule has 0 aliphatic rings. The number of benzene rings is 3. The predicted octanol–water partition coefficient (Wildman–Crippen LogP) is 5.12. The minimum absolute atomic E-state index is 0.243. The molecule has 4 nitrogen and oxygen atoms in total. The Morgan fingerprint density at radius 3 is 1.81 bits per heavy atom. The first-order valence-corrected chi connectivity index (χ1v) is 8.79. The van der Waals surface area contributed by atoms with Gasteiger partial charge in [0.05, 0.1) is 0 Å². The summed E-state index contributed by atoms with van der Waals surface area (Å²) in [6, 6.07) is 20.1. The lowest BCUT2D eigenvalue weighted by Crippen LogP contribution is -2.16. The van der Waals surface area contributed by atoms with Crippen LogP contribution in [0.1, 0.15) is 37.4 Å². The van der Waals surface area contributed by atoms with Crippen LogP contribution in [0.15, 0.2) is 66.7 Å². The summed E-state index contributed by atoms with van der Waals surface area (Å²) in [5.74, 6) is -0.488. The van der Waals surface area contributed by atoms with Gasteiger partial charge in [0.1, 0.15) is 0 Å². The fourth-order valence-electron chi connectivity index (χ4n) is 2.86. The predicted molar refractivity (Wildman–Crippen MR) is 109 cm³/mol. The Kier molecular flexibility index (Phi) is 5.36. The number of anilines is 2. The van der Waals surface area contributed by atoms with Crippen molar-refractivity contribution in [1.82, 2.24) is 0 Å². The standard InChI is InChI=1S/C23H22N2O2/c1-15-11-12-21(17(3)13-15)25-23(27)19-9-6-8-18(14-19)22(26)24-20-10-5-4-7-16(20)2/h4-14H,1-3H3,(H,24,26)(H,25,27). The Balaban J connectivity index is 1.77. The lowest BCUT2D eigenvalue weighted by molar-refractivity contribution is 0.102. The van der Waals surface area contributed by atoms with E-state index in [4.69, 9.17) is 0 Å². The van der Waals surface area contributed by atoms with Crippen molar-refractivity contribution < 1.29 is 9.59 Å². The van der Waals surface area contributed by atoms with E-state index < -0.39 is 0 Å². The van der Waals surface area contributed by atoms with Gasteiger partial charge in [0.25, 0.3) is 11.8 Å². The second kappa shape index (κ2) is 7.87. The number of carbonyl (C=O) groups excluding carboxylic acids is 2. The van der Waals surface area contributed by atoms with Crippen LogP contribution in [0.5, 0.6) is 0 Å².